The molecule has 4 saturated carbocycles. The Morgan fingerprint density at radius 1 is 0.597 bits per heavy atom. The summed E-state index contributed by atoms with van der Waals surface area (Å²) in [6, 6.07) is 0. The van der Waals surface area contributed by atoms with Gasteiger partial charge in [0.05, 0.1) is 32.0 Å². The number of rotatable bonds is 9. The minimum absolute atomic E-state index is 0.118. The highest BCUT2D eigenvalue weighted by molar-refractivity contribution is 5.82. The molecule has 4 saturated heterocycles. The summed E-state index contributed by atoms with van der Waals surface area (Å²) >= 11 is 0. The van der Waals surface area contributed by atoms with Crippen molar-refractivity contribution in [1.82, 2.24) is 0 Å². The van der Waals surface area contributed by atoms with Gasteiger partial charge in [0, 0.05) is 11.8 Å². The number of hydrogen-bond donors (Lipinski definition) is 11. The molecule has 67 heavy (non-hydrogen) atoms. The van der Waals surface area contributed by atoms with Gasteiger partial charge in [0.25, 0.3) is 0 Å². The number of hydrogen-bond acceptors (Lipinski definition) is 19. The molecule has 25 unspecified atom stereocenters. The highest BCUT2D eigenvalue weighted by Gasteiger charge is 2.75. The van der Waals surface area contributed by atoms with Gasteiger partial charge < -0.3 is 89.3 Å². The summed E-state index contributed by atoms with van der Waals surface area (Å²) in [5.74, 6) is -0.303. The van der Waals surface area contributed by atoms with Crippen LogP contribution >= 0.6 is 0 Å². The molecule has 25 atom stereocenters. The molecule has 5 aliphatic carbocycles. The van der Waals surface area contributed by atoms with Crippen LogP contribution in [0, 0.1) is 50.2 Å². The van der Waals surface area contributed by atoms with Gasteiger partial charge in [-0.05, 0) is 84.4 Å². The second-order valence-corrected chi connectivity index (χ2v) is 23.7. The van der Waals surface area contributed by atoms with Gasteiger partial charge in [-0.2, -0.15) is 0 Å². The lowest BCUT2D eigenvalue weighted by molar-refractivity contribution is -0.368. The van der Waals surface area contributed by atoms with Crippen LogP contribution in [0.4, 0.5) is 0 Å². The number of aliphatic hydroxyl groups excluding tert-OH is 11. The fourth-order valence-corrected chi connectivity index (χ4v) is 15.6. The Morgan fingerprint density at radius 3 is 1.72 bits per heavy atom. The van der Waals surface area contributed by atoms with Crippen LogP contribution in [-0.4, -0.2) is 192 Å². The predicted octanol–water partition coefficient (Wildman–Crippen LogP) is -0.872. The third kappa shape index (κ3) is 7.33. The number of ether oxygens (including phenoxy) is 7. The van der Waals surface area contributed by atoms with Crippen molar-refractivity contribution >= 4 is 5.97 Å². The van der Waals surface area contributed by atoms with Crippen LogP contribution in [0.1, 0.15) is 99.8 Å². The number of esters is 1. The zero-order valence-corrected chi connectivity index (χ0v) is 39.7. The van der Waals surface area contributed by atoms with Crippen LogP contribution in [0.3, 0.4) is 0 Å². The van der Waals surface area contributed by atoms with Gasteiger partial charge in [-0.1, -0.05) is 60.1 Å². The van der Waals surface area contributed by atoms with Gasteiger partial charge in [0.1, 0.15) is 84.8 Å². The number of aliphatic hydroxyl groups is 11. The van der Waals surface area contributed by atoms with Gasteiger partial charge in [0.2, 0.25) is 0 Å². The van der Waals surface area contributed by atoms with Crippen molar-refractivity contribution in [2.24, 2.45) is 50.2 Å². The number of allylic oxidation sites excluding steroid dienone is 2. The lowest BCUT2D eigenvalue weighted by Crippen LogP contribution is -2.68. The summed E-state index contributed by atoms with van der Waals surface area (Å²) in [5, 5.41) is 117. The smallest absolute Gasteiger partial charge is 0.315 e. The Morgan fingerprint density at radius 2 is 1.13 bits per heavy atom. The van der Waals surface area contributed by atoms with E-state index in [0.717, 1.165) is 25.7 Å². The molecule has 1 spiro atoms. The maximum absolute atomic E-state index is 14.5. The van der Waals surface area contributed by atoms with Gasteiger partial charge in [-0.25, -0.2) is 0 Å². The summed E-state index contributed by atoms with van der Waals surface area (Å²) in [7, 11) is 0. The topological polar surface area (TPSA) is 304 Å². The molecular weight excluding hydrogens is 881 g/mol. The molecule has 0 aromatic rings. The van der Waals surface area contributed by atoms with Crippen molar-refractivity contribution in [3.05, 3.63) is 11.6 Å². The highest BCUT2D eigenvalue weighted by atomic mass is 16.7. The van der Waals surface area contributed by atoms with E-state index in [4.69, 9.17) is 33.2 Å². The van der Waals surface area contributed by atoms with Crippen LogP contribution in [0.25, 0.3) is 0 Å². The SMILES string of the molecule is CC1(C)CC2C3=CCC4C5(C)CCC(OC6OC(CO)C(OC7OC(CO)C(O)C(O)C7O)C(O)C6O)C(C)(C)C5CCC4(C)C3(C)CC(OC3OC(CO)C(O)C(O)C3O)C23CC1OC3=O. The van der Waals surface area contributed by atoms with Crippen LogP contribution < -0.4 is 0 Å². The third-order valence-electron chi connectivity index (χ3n) is 19.8. The summed E-state index contributed by atoms with van der Waals surface area (Å²) in [6.07, 6.45) is -17.0. The fraction of sp³-hybridized carbons (Fsp3) is 0.938. The Bertz CT molecular complexity index is 1880. The van der Waals surface area contributed by atoms with Crippen LogP contribution in [-0.2, 0) is 38.0 Å². The molecule has 0 aromatic carbocycles. The number of fused-ring (bicyclic) bond motifs is 7. The first kappa shape index (κ1) is 50.5. The molecule has 11 N–H and O–H groups in total. The molecule has 19 heteroatoms. The molecule has 9 aliphatic rings. The maximum Gasteiger partial charge on any atom is 0.315 e. The summed E-state index contributed by atoms with van der Waals surface area (Å²) < 4.78 is 42.9. The van der Waals surface area contributed by atoms with Crippen LogP contribution in [0.15, 0.2) is 11.6 Å². The Balaban J connectivity index is 0.966. The molecule has 19 nitrogen and oxygen atoms in total. The van der Waals surface area contributed by atoms with E-state index < -0.39 is 140 Å². The lowest BCUT2D eigenvalue weighted by Gasteiger charge is -2.71. The molecule has 8 fully saturated rings. The van der Waals surface area contributed by atoms with Gasteiger partial charge >= 0.3 is 5.97 Å². The predicted molar refractivity (Wildman–Crippen MR) is 230 cm³/mol. The first-order valence-corrected chi connectivity index (χ1v) is 24.5. The van der Waals surface area contributed by atoms with Gasteiger partial charge in [0.15, 0.2) is 18.9 Å². The van der Waals surface area contributed by atoms with Crippen molar-refractivity contribution in [1.29, 1.82) is 0 Å². The van der Waals surface area contributed by atoms with Crippen LogP contribution in [0.2, 0.25) is 0 Å². The summed E-state index contributed by atoms with van der Waals surface area (Å²) in [4.78, 5) is 14.5. The van der Waals surface area contributed by atoms with Crippen molar-refractivity contribution in [3.8, 4) is 0 Å². The van der Waals surface area contributed by atoms with Gasteiger partial charge in [-0.15, -0.1) is 0 Å². The molecule has 382 valence electrons. The fourth-order valence-electron chi connectivity index (χ4n) is 15.6. The second-order valence-electron chi connectivity index (χ2n) is 23.7. The summed E-state index contributed by atoms with van der Waals surface area (Å²) in [6.45, 7) is 13.7. The largest absolute Gasteiger partial charge is 0.461 e. The minimum atomic E-state index is -1.78. The maximum atomic E-state index is 14.5. The number of carbonyl (C=O) groups is 1. The average Bonchev–Trinajstić information content (AvgIpc) is 3.60. The molecule has 0 aromatic heterocycles. The monoisotopic (exact) mass is 956 g/mol. The van der Waals surface area contributed by atoms with Crippen molar-refractivity contribution in [2.45, 2.75) is 210 Å². The van der Waals surface area contributed by atoms with Crippen molar-refractivity contribution in [3.63, 3.8) is 0 Å². The van der Waals surface area contributed by atoms with E-state index in [-0.39, 0.29) is 46.1 Å². The standard InChI is InChI=1S/C48H76O19/c1-43(2)14-21-20-8-9-26-45(5)12-11-27(64-40-37(59)34(56)38(24(19-51)63-40)67-41-36(58)33(55)31(53)23(18-50)62-41)44(3,4)25(45)10-13-46(26,6)47(20,7)15-29(48(21)16-28(43)66-42(48)60)65-39-35(57)32(54)30(52)22(17-49)61-39/h8,21-41,49-59H,9-19H2,1-7H3. The lowest BCUT2D eigenvalue weighted by atomic mass is 9.33. The normalized spacial score (nSPS) is 55.6. The first-order chi connectivity index (χ1) is 31.4. The molecular formula is C48H76O19. The zero-order chi connectivity index (χ0) is 48.7. The Kier molecular flexibility index (Phi) is 13.1. The quantitative estimate of drug-likeness (QED) is 0.0760. The molecule has 4 heterocycles. The second kappa shape index (κ2) is 17.3. The summed E-state index contributed by atoms with van der Waals surface area (Å²) in [5.41, 5.74) is -1.72. The minimum Gasteiger partial charge on any atom is -0.461 e. The van der Waals surface area contributed by atoms with E-state index in [9.17, 15) is 61.0 Å². The van der Waals surface area contributed by atoms with E-state index in [1.807, 2.05) is 0 Å². The molecule has 4 aliphatic heterocycles. The zero-order valence-electron chi connectivity index (χ0n) is 39.7. The Labute approximate surface area is 391 Å². The van der Waals surface area contributed by atoms with Gasteiger partial charge in [-0.3, -0.25) is 4.79 Å². The number of carbonyl (C=O) groups excluding carboxylic acids is 1. The molecule has 9 rings (SSSR count). The molecule has 0 amide bonds. The molecule has 0 radical (unpaired) electrons. The van der Waals surface area contributed by atoms with E-state index in [2.05, 4.69) is 54.5 Å². The van der Waals surface area contributed by atoms with Crippen molar-refractivity contribution < 1.29 is 94.1 Å². The Hall–Kier alpha value is -1.47. The van der Waals surface area contributed by atoms with E-state index in [1.165, 1.54) is 5.57 Å². The van der Waals surface area contributed by atoms with Crippen molar-refractivity contribution in [2.75, 3.05) is 19.8 Å². The van der Waals surface area contributed by atoms with E-state index in [1.54, 1.807) is 0 Å². The van der Waals surface area contributed by atoms with Crippen LogP contribution in [0.5, 0.6) is 0 Å². The average molecular weight is 957 g/mol. The first-order valence-electron chi connectivity index (χ1n) is 24.5. The third-order valence-corrected chi connectivity index (χ3v) is 19.8. The van der Waals surface area contributed by atoms with E-state index in [0.29, 0.717) is 25.7 Å². The molecule has 2 bridgehead atoms. The highest BCUT2D eigenvalue weighted by Crippen LogP contribution is 2.77. The van der Waals surface area contributed by atoms with E-state index >= 15 is 0 Å².